The van der Waals surface area contributed by atoms with Crippen LogP contribution in [0.15, 0.2) is 42.5 Å². The van der Waals surface area contributed by atoms with E-state index in [4.69, 9.17) is 11.6 Å². The van der Waals surface area contributed by atoms with Crippen molar-refractivity contribution in [2.75, 3.05) is 0 Å². The predicted molar refractivity (Wildman–Crippen MR) is 81.1 cm³/mol. The average Bonchev–Trinajstić information content (AvgIpc) is 2.45. The zero-order chi connectivity index (χ0) is 14.5. The highest BCUT2D eigenvalue weighted by molar-refractivity contribution is 6.30. The molecular formula is C16H18ClNO2. The average molecular weight is 292 g/mol. The van der Waals surface area contributed by atoms with Crippen molar-refractivity contribution in [3.05, 3.63) is 58.6 Å². The first-order valence-electron chi connectivity index (χ1n) is 6.60. The molecule has 0 fully saturated rings. The monoisotopic (exact) mass is 291 g/mol. The highest BCUT2D eigenvalue weighted by Gasteiger charge is 2.11. The molecule has 3 nitrogen and oxygen atoms in total. The number of para-hydroxylation sites is 1. The van der Waals surface area contributed by atoms with E-state index in [-0.39, 0.29) is 17.5 Å². The molecule has 0 amide bonds. The Labute approximate surface area is 123 Å². The molecule has 0 aliphatic carbocycles. The third kappa shape index (κ3) is 3.44. The van der Waals surface area contributed by atoms with Gasteiger partial charge in [0.2, 0.25) is 0 Å². The summed E-state index contributed by atoms with van der Waals surface area (Å²) >= 11 is 5.89. The van der Waals surface area contributed by atoms with Crippen molar-refractivity contribution in [1.29, 1.82) is 0 Å². The first-order chi connectivity index (χ1) is 9.61. The number of hydrogen-bond acceptors (Lipinski definition) is 3. The maximum Gasteiger partial charge on any atom is 0.161 e. The molecule has 1 atom stereocenters. The van der Waals surface area contributed by atoms with Gasteiger partial charge in [-0.15, -0.1) is 0 Å². The first kappa shape index (κ1) is 14.7. The van der Waals surface area contributed by atoms with Crippen LogP contribution in [0.25, 0.3) is 0 Å². The van der Waals surface area contributed by atoms with Crippen LogP contribution in [0.5, 0.6) is 11.5 Å². The van der Waals surface area contributed by atoms with Crippen LogP contribution in [0.2, 0.25) is 5.02 Å². The van der Waals surface area contributed by atoms with Crippen LogP contribution in [0.4, 0.5) is 0 Å². The minimum absolute atomic E-state index is 0.0639. The Balaban J connectivity index is 2.07. The quantitative estimate of drug-likeness (QED) is 0.730. The summed E-state index contributed by atoms with van der Waals surface area (Å²) in [6, 6.07) is 12.9. The molecule has 20 heavy (non-hydrogen) atoms. The van der Waals surface area contributed by atoms with Crippen molar-refractivity contribution in [2.24, 2.45) is 0 Å². The van der Waals surface area contributed by atoms with Gasteiger partial charge in [-0.25, -0.2) is 0 Å². The number of phenolic OH excluding ortho intramolecular Hbond substituents is 2. The summed E-state index contributed by atoms with van der Waals surface area (Å²) in [7, 11) is 0. The zero-order valence-corrected chi connectivity index (χ0v) is 12.1. The molecule has 0 aliphatic rings. The zero-order valence-electron chi connectivity index (χ0n) is 11.3. The number of halogens is 1. The van der Waals surface area contributed by atoms with E-state index in [0.29, 0.717) is 17.1 Å². The minimum Gasteiger partial charge on any atom is -0.504 e. The Morgan fingerprint density at radius 2 is 1.80 bits per heavy atom. The minimum atomic E-state index is -0.0937. The van der Waals surface area contributed by atoms with E-state index >= 15 is 0 Å². The summed E-state index contributed by atoms with van der Waals surface area (Å²) in [5.74, 6) is -0.158. The van der Waals surface area contributed by atoms with E-state index in [2.05, 4.69) is 12.2 Å². The van der Waals surface area contributed by atoms with Crippen LogP contribution in [0, 0.1) is 0 Å². The highest BCUT2D eigenvalue weighted by atomic mass is 35.5. The third-order valence-corrected chi connectivity index (χ3v) is 3.57. The van der Waals surface area contributed by atoms with Gasteiger partial charge in [0.05, 0.1) is 0 Å². The largest absolute Gasteiger partial charge is 0.504 e. The molecule has 0 aromatic heterocycles. The normalized spacial score (nSPS) is 12.3. The van der Waals surface area contributed by atoms with Gasteiger partial charge in [0.1, 0.15) is 0 Å². The molecule has 106 valence electrons. The second-order valence-corrected chi connectivity index (χ2v) is 5.11. The predicted octanol–water partition coefficient (Wildman–Crippen LogP) is 3.99. The van der Waals surface area contributed by atoms with Crippen LogP contribution in [-0.2, 0) is 6.54 Å². The Morgan fingerprint density at radius 3 is 2.45 bits per heavy atom. The molecule has 3 N–H and O–H groups in total. The van der Waals surface area contributed by atoms with Crippen molar-refractivity contribution in [1.82, 2.24) is 5.32 Å². The smallest absolute Gasteiger partial charge is 0.161 e. The van der Waals surface area contributed by atoms with Crippen LogP contribution in [0.1, 0.15) is 30.5 Å². The summed E-state index contributed by atoms with van der Waals surface area (Å²) in [4.78, 5) is 0. The summed E-state index contributed by atoms with van der Waals surface area (Å²) < 4.78 is 0. The maximum absolute atomic E-state index is 9.78. The second kappa shape index (κ2) is 6.64. The molecule has 2 aromatic rings. The molecular weight excluding hydrogens is 274 g/mol. The van der Waals surface area contributed by atoms with Gasteiger partial charge >= 0.3 is 0 Å². The van der Waals surface area contributed by atoms with Crippen LogP contribution in [0.3, 0.4) is 0 Å². The van der Waals surface area contributed by atoms with Gasteiger partial charge in [0.15, 0.2) is 11.5 Å². The Bertz CT molecular complexity index is 569. The van der Waals surface area contributed by atoms with E-state index in [0.717, 1.165) is 12.0 Å². The van der Waals surface area contributed by atoms with Gasteiger partial charge in [0.25, 0.3) is 0 Å². The first-order valence-corrected chi connectivity index (χ1v) is 6.98. The molecule has 0 spiro atoms. The molecule has 0 radical (unpaired) electrons. The number of rotatable bonds is 5. The SMILES string of the molecule is CCC(NCc1cccc(O)c1O)c1ccc(Cl)cc1. The fraction of sp³-hybridized carbons (Fsp3) is 0.250. The van der Waals surface area contributed by atoms with E-state index in [9.17, 15) is 10.2 Å². The summed E-state index contributed by atoms with van der Waals surface area (Å²) in [5.41, 5.74) is 1.83. The van der Waals surface area contributed by atoms with E-state index in [1.54, 1.807) is 12.1 Å². The highest BCUT2D eigenvalue weighted by Crippen LogP contribution is 2.29. The number of aromatic hydroxyl groups is 2. The number of hydrogen-bond donors (Lipinski definition) is 3. The molecule has 0 bridgehead atoms. The lowest BCUT2D eigenvalue weighted by molar-refractivity contribution is 0.395. The van der Waals surface area contributed by atoms with Crippen LogP contribution >= 0.6 is 11.6 Å². The van der Waals surface area contributed by atoms with Crippen molar-refractivity contribution in [3.63, 3.8) is 0 Å². The third-order valence-electron chi connectivity index (χ3n) is 3.32. The number of phenols is 2. The van der Waals surface area contributed by atoms with E-state index in [1.165, 1.54) is 6.07 Å². The molecule has 1 unspecified atom stereocenters. The Morgan fingerprint density at radius 1 is 1.10 bits per heavy atom. The molecule has 2 rings (SSSR count). The fourth-order valence-corrected chi connectivity index (χ4v) is 2.27. The van der Waals surface area contributed by atoms with Crippen molar-refractivity contribution >= 4 is 11.6 Å². The maximum atomic E-state index is 9.78. The van der Waals surface area contributed by atoms with Crippen molar-refractivity contribution in [3.8, 4) is 11.5 Å². The molecule has 0 heterocycles. The molecule has 0 aliphatic heterocycles. The standard InChI is InChI=1S/C16H18ClNO2/c1-2-14(11-6-8-13(17)9-7-11)18-10-12-4-3-5-15(19)16(12)20/h3-9,14,18-20H,2,10H2,1H3. The van der Waals surface area contributed by atoms with Gasteiger partial charge < -0.3 is 15.5 Å². The van der Waals surface area contributed by atoms with Gasteiger partial charge in [-0.05, 0) is 30.2 Å². The van der Waals surface area contributed by atoms with Gasteiger partial charge in [-0.1, -0.05) is 42.8 Å². The number of benzene rings is 2. The fourth-order valence-electron chi connectivity index (χ4n) is 2.15. The summed E-state index contributed by atoms with van der Waals surface area (Å²) in [6.07, 6.45) is 0.918. The van der Waals surface area contributed by atoms with Gasteiger partial charge in [-0.2, -0.15) is 0 Å². The lowest BCUT2D eigenvalue weighted by Gasteiger charge is -2.18. The Kier molecular flexibility index (Phi) is 4.88. The molecule has 0 saturated heterocycles. The lowest BCUT2D eigenvalue weighted by atomic mass is 10.0. The van der Waals surface area contributed by atoms with E-state index in [1.807, 2.05) is 24.3 Å². The number of nitrogens with one attached hydrogen (secondary N) is 1. The summed E-state index contributed by atoms with van der Waals surface area (Å²) in [5, 5.41) is 23.4. The van der Waals surface area contributed by atoms with Crippen LogP contribution in [-0.4, -0.2) is 10.2 Å². The van der Waals surface area contributed by atoms with Crippen molar-refractivity contribution < 1.29 is 10.2 Å². The van der Waals surface area contributed by atoms with Gasteiger partial charge in [-0.3, -0.25) is 0 Å². The van der Waals surface area contributed by atoms with Crippen LogP contribution < -0.4 is 5.32 Å². The Hall–Kier alpha value is -1.71. The lowest BCUT2D eigenvalue weighted by Crippen LogP contribution is -2.20. The molecule has 4 heteroatoms. The van der Waals surface area contributed by atoms with Crippen molar-refractivity contribution in [2.45, 2.75) is 25.9 Å². The second-order valence-electron chi connectivity index (χ2n) is 4.68. The van der Waals surface area contributed by atoms with Gasteiger partial charge in [0, 0.05) is 23.2 Å². The topological polar surface area (TPSA) is 52.5 Å². The molecule has 2 aromatic carbocycles. The summed E-state index contributed by atoms with van der Waals surface area (Å²) in [6.45, 7) is 2.58. The van der Waals surface area contributed by atoms with E-state index < -0.39 is 0 Å². The molecule has 0 saturated carbocycles.